The van der Waals surface area contributed by atoms with Crippen molar-refractivity contribution in [2.75, 3.05) is 26.4 Å². The molecule has 0 bridgehead atoms. The van der Waals surface area contributed by atoms with Gasteiger partial charge in [-0.25, -0.2) is 0 Å². The molecule has 0 aliphatic rings. The van der Waals surface area contributed by atoms with Gasteiger partial charge in [-0.05, 0) is 6.42 Å². The third kappa shape index (κ3) is 11.5. The zero-order valence-corrected chi connectivity index (χ0v) is 10.4. The number of carbonyl (C=O) groups excluding carboxylic acids is 1. The second kappa shape index (κ2) is 12.5. The summed E-state index contributed by atoms with van der Waals surface area (Å²) in [7, 11) is 0. The molecule has 4 heteroatoms. The molecule has 2 N–H and O–H groups in total. The third-order valence-corrected chi connectivity index (χ3v) is 2.24. The summed E-state index contributed by atoms with van der Waals surface area (Å²) in [5.74, 6) is -0.118. The van der Waals surface area contributed by atoms with E-state index in [9.17, 15) is 4.79 Å². The number of esters is 1. The Kier molecular flexibility index (Phi) is 12.0. The molecule has 0 aliphatic heterocycles. The van der Waals surface area contributed by atoms with E-state index in [1.165, 1.54) is 19.3 Å². The lowest BCUT2D eigenvalue weighted by molar-refractivity contribution is -0.145. The normalized spacial score (nSPS) is 10.4. The van der Waals surface area contributed by atoms with E-state index in [1.54, 1.807) is 0 Å². The molecule has 0 aromatic heterocycles. The molecule has 0 saturated heterocycles. The van der Waals surface area contributed by atoms with Crippen LogP contribution in [0.5, 0.6) is 0 Å². The molecule has 0 saturated carbocycles. The van der Waals surface area contributed by atoms with E-state index in [0.717, 1.165) is 12.8 Å². The number of nitrogens with two attached hydrogens (primary N) is 1. The second-order valence-corrected chi connectivity index (χ2v) is 3.79. The molecule has 4 nitrogen and oxygen atoms in total. The molecular weight excluding hydrogens is 206 g/mol. The maximum atomic E-state index is 11.2. The minimum absolute atomic E-state index is 0.118. The molecule has 0 radical (unpaired) electrons. The first-order valence-electron chi connectivity index (χ1n) is 6.24. The van der Waals surface area contributed by atoms with Gasteiger partial charge in [-0.3, -0.25) is 4.79 Å². The van der Waals surface area contributed by atoms with Gasteiger partial charge in [0, 0.05) is 13.0 Å². The fraction of sp³-hybridized carbons (Fsp3) is 0.917. The highest BCUT2D eigenvalue weighted by Gasteiger charge is 2.01. The smallest absolute Gasteiger partial charge is 0.305 e. The largest absolute Gasteiger partial charge is 0.463 e. The molecular formula is C12H25NO3. The van der Waals surface area contributed by atoms with Crippen LogP contribution in [-0.2, 0) is 14.3 Å². The second-order valence-electron chi connectivity index (χ2n) is 3.79. The number of carbonyl (C=O) groups is 1. The highest BCUT2D eigenvalue weighted by molar-refractivity contribution is 5.69. The van der Waals surface area contributed by atoms with Gasteiger partial charge in [-0.2, -0.15) is 0 Å². The first kappa shape index (κ1) is 15.4. The topological polar surface area (TPSA) is 61.5 Å². The number of ether oxygens (including phenoxy) is 2. The third-order valence-electron chi connectivity index (χ3n) is 2.24. The molecule has 0 heterocycles. The van der Waals surface area contributed by atoms with Gasteiger partial charge in [0.2, 0.25) is 0 Å². The molecule has 0 unspecified atom stereocenters. The van der Waals surface area contributed by atoms with Gasteiger partial charge in [0.05, 0.1) is 13.2 Å². The molecule has 0 aromatic carbocycles. The van der Waals surface area contributed by atoms with Gasteiger partial charge in [-0.1, -0.05) is 32.6 Å². The van der Waals surface area contributed by atoms with Gasteiger partial charge in [-0.15, -0.1) is 0 Å². The van der Waals surface area contributed by atoms with Gasteiger partial charge < -0.3 is 15.2 Å². The predicted octanol–water partition coefficient (Wildman–Crippen LogP) is 1.87. The molecule has 0 fully saturated rings. The molecule has 96 valence electrons. The van der Waals surface area contributed by atoms with Crippen LogP contribution in [-0.4, -0.2) is 32.3 Å². The zero-order valence-electron chi connectivity index (χ0n) is 10.4. The van der Waals surface area contributed by atoms with Crippen LogP contribution in [0.1, 0.15) is 45.4 Å². The van der Waals surface area contributed by atoms with Gasteiger partial charge in [0.25, 0.3) is 0 Å². The quantitative estimate of drug-likeness (QED) is 0.435. The number of hydrogen-bond acceptors (Lipinski definition) is 4. The van der Waals surface area contributed by atoms with E-state index in [0.29, 0.717) is 32.8 Å². The highest BCUT2D eigenvalue weighted by atomic mass is 16.6. The molecule has 16 heavy (non-hydrogen) atoms. The van der Waals surface area contributed by atoms with Crippen molar-refractivity contribution >= 4 is 5.97 Å². The van der Waals surface area contributed by atoms with E-state index in [2.05, 4.69) is 6.92 Å². The van der Waals surface area contributed by atoms with E-state index in [1.807, 2.05) is 0 Å². The van der Waals surface area contributed by atoms with Crippen LogP contribution in [0.2, 0.25) is 0 Å². The standard InChI is InChI=1S/C12H25NO3/c1-2-3-4-5-6-7-12(14)16-11-10-15-9-8-13/h2-11,13H2,1H3. The Morgan fingerprint density at radius 2 is 1.81 bits per heavy atom. The average Bonchev–Trinajstić information content (AvgIpc) is 2.28. The Morgan fingerprint density at radius 1 is 1.06 bits per heavy atom. The lowest BCUT2D eigenvalue weighted by atomic mass is 10.1. The van der Waals surface area contributed by atoms with Crippen LogP contribution in [0.15, 0.2) is 0 Å². The maximum Gasteiger partial charge on any atom is 0.305 e. The van der Waals surface area contributed by atoms with Crippen LogP contribution in [0.4, 0.5) is 0 Å². The van der Waals surface area contributed by atoms with Crippen molar-refractivity contribution in [3.8, 4) is 0 Å². The minimum atomic E-state index is -0.118. The summed E-state index contributed by atoms with van der Waals surface area (Å²) < 4.78 is 10.1. The minimum Gasteiger partial charge on any atom is -0.463 e. The Hall–Kier alpha value is -0.610. The van der Waals surface area contributed by atoms with Crippen LogP contribution in [0.3, 0.4) is 0 Å². The van der Waals surface area contributed by atoms with Crippen molar-refractivity contribution in [3.05, 3.63) is 0 Å². The van der Waals surface area contributed by atoms with Crippen LogP contribution < -0.4 is 5.73 Å². The van der Waals surface area contributed by atoms with E-state index >= 15 is 0 Å². The summed E-state index contributed by atoms with van der Waals surface area (Å²) >= 11 is 0. The summed E-state index contributed by atoms with van der Waals surface area (Å²) in [4.78, 5) is 11.2. The fourth-order valence-corrected chi connectivity index (χ4v) is 1.34. The van der Waals surface area contributed by atoms with E-state index < -0.39 is 0 Å². The van der Waals surface area contributed by atoms with Crippen molar-refractivity contribution in [2.24, 2.45) is 5.73 Å². The van der Waals surface area contributed by atoms with Gasteiger partial charge in [0.15, 0.2) is 0 Å². The summed E-state index contributed by atoms with van der Waals surface area (Å²) in [6.45, 7) is 3.99. The number of rotatable bonds is 11. The lowest BCUT2D eigenvalue weighted by Crippen LogP contribution is -2.14. The predicted molar refractivity (Wildman–Crippen MR) is 64.2 cm³/mol. The SMILES string of the molecule is CCCCCCCC(=O)OCCOCCN. The summed E-state index contributed by atoms with van der Waals surface area (Å²) in [5, 5.41) is 0. The van der Waals surface area contributed by atoms with Gasteiger partial charge >= 0.3 is 5.97 Å². The Labute approximate surface area is 98.5 Å². The van der Waals surface area contributed by atoms with E-state index in [-0.39, 0.29) is 5.97 Å². The first-order chi connectivity index (χ1) is 7.81. The van der Waals surface area contributed by atoms with Crippen molar-refractivity contribution in [1.29, 1.82) is 0 Å². The fourth-order valence-electron chi connectivity index (χ4n) is 1.34. The molecule has 0 rings (SSSR count). The maximum absolute atomic E-state index is 11.2. The highest BCUT2D eigenvalue weighted by Crippen LogP contribution is 2.05. The summed E-state index contributed by atoms with van der Waals surface area (Å²) in [6.07, 6.45) is 6.27. The lowest BCUT2D eigenvalue weighted by Gasteiger charge is -2.05. The summed E-state index contributed by atoms with van der Waals surface area (Å²) in [6, 6.07) is 0. The van der Waals surface area contributed by atoms with Crippen molar-refractivity contribution < 1.29 is 14.3 Å². The number of hydrogen-bond donors (Lipinski definition) is 1. The van der Waals surface area contributed by atoms with Crippen LogP contribution in [0, 0.1) is 0 Å². The molecule has 0 amide bonds. The molecule has 0 aromatic rings. The average molecular weight is 231 g/mol. The first-order valence-corrected chi connectivity index (χ1v) is 6.24. The Bertz CT molecular complexity index is 146. The van der Waals surface area contributed by atoms with Gasteiger partial charge in [0.1, 0.15) is 6.61 Å². The Balaban J connectivity index is 3.12. The summed E-state index contributed by atoms with van der Waals surface area (Å²) in [5.41, 5.74) is 5.24. The van der Waals surface area contributed by atoms with Crippen molar-refractivity contribution in [1.82, 2.24) is 0 Å². The van der Waals surface area contributed by atoms with Crippen LogP contribution in [0.25, 0.3) is 0 Å². The zero-order chi connectivity index (χ0) is 12.1. The monoisotopic (exact) mass is 231 g/mol. The van der Waals surface area contributed by atoms with E-state index in [4.69, 9.17) is 15.2 Å². The van der Waals surface area contributed by atoms with Crippen molar-refractivity contribution in [3.63, 3.8) is 0 Å². The van der Waals surface area contributed by atoms with Crippen LogP contribution >= 0.6 is 0 Å². The Morgan fingerprint density at radius 3 is 2.50 bits per heavy atom. The number of unbranched alkanes of at least 4 members (excludes halogenated alkanes) is 4. The molecule has 0 atom stereocenters. The van der Waals surface area contributed by atoms with Crippen molar-refractivity contribution in [2.45, 2.75) is 45.4 Å². The molecule has 0 aliphatic carbocycles. The molecule has 0 spiro atoms.